The molecule has 0 fully saturated rings. The Morgan fingerprint density at radius 2 is 0.931 bits per heavy atom. The van der Waals surface area contributed by atoms with Crippen LogP contribution in [0.2, 0.25) is 0 Å². The Morgan fingerprint density at radius 3 is 1.31 bits per heavy atom. The lowest BCUT2D eigenvalue weighted by molar-refractivity contribution is -0.129. The summed E-state index contributed by atoms with van der Waals surface area (Å²) < 4.78 is 129. The minimum atomic E-state index is -2.68. The summed E-state index contributed by atoms with van der Waals surface area (Å²) >= 11 is 0. The average molecular weight is 430 g/mol. The zero-order chi connectivity index (χ0) is 22.2. The molecule has 0 saturated heterocycles. The van der Waals surface area contributed by atoms with E-state index in [1.807, 2.05) is 0 Å². The standard InChI is InChI=1S/C16H3F9O4/c1-2-3(26)28-14-10(22)12(24)15(13(25)11(14)23)29-16(27)4-5(17)7(19)9(21)8(20)6(4)18/h2H,1H2. The lowest BCUT2D eigenvalue weighted by Gasteiger charge is -2.12. The fourth-order valence-electron chi connectivity index (χ4n) is 1.84. The maximum atomic E-state index is 13.9. The van der Waals surface area contributed by atoms with Gasteiger partial charge in [-0.3, -0.25) is 0 Å². The maximum Gasteiger partial charge on any atom is 0.349 e. The summed E-state index contributed by atoms with van der Waals surface area (Å²) in [5, 5.41) is 0. The third-order valence-corrected chi connectivity index (χ3v) is 3.16. The van der Waals surface area contributed by atoms with E-state index in [9.17, 15) is 49.1 Å². The van der Waals surface area contributed by atoms with Crippen molar-refractivity contribution < 1.29 is 58.6 Å². The molecule has 154 valence electrons. The van der Waals surface area contributed by atoms with Gasteiger partial charge in [-0.05, 0) is 0 Å². The van der Waals surface area contributed by atoms with E-state index in [2.05, 4.69) is 16.1 Å². The van der Waals surface area contributed by atoms with Gasteiger partial charge < -0.3 is 9.47 Å². The van der Waals surface area contributed by atoms with Crippen LogP contribution in [0.5, 0.6) is 11.5 Å². The molecule has 0 saturated carbocycles. The fraction of sp³-hybridized carbons (Fsp3) is 0. The Morgan fingerprint density at radius 1 is 0.586 bits per heavy atom. The highest BCUT2D eigenvalue weighted by Crippen LogP contribution is 2.35. The van der Waals surface area contributed by atoms with Crippen LogP contribution >= 0.6 is 0 Å². The first-order valence-electron chi connectivity index (χ1n) is 6.87. The van der Waals surface area contributed by atoms with Crippen LogP contribution in [0.4, 0.5) is 39.5 Å². The van der Waals surface area contributed by atoms with Gasteiger partial charge in [0.25, 0.3) is 0 Å². The highest BCUT2D eigenvalue weighted by atomic mass is 19.2. The first-order chi connectivity index (χ1) is 13.4. The molecular weight excluding hydrogens is 427 g/mol. The molecule has 0 aliphatic carbocycles. The van der Waals surface area contributed by atoms with Crippen LogP contribution in [0.15, 0.2) is 12.7 Å². The predicted molar refractivity (Wildman–Crippen MR) is 73.3 cm³/mol. The minimum absolute atomic E-state index is 0.367. The Labute approximate surface area is 153 Å². The summed E-state index contributed by atoms with van der Waals surface area (Å²) in [5.41, 5.74) is -2.29. The number of halogens is 9. The van der Waals surface area contributed by atoms with Crippen molar-refractivity contribution in [3.8, 4) is 11.5 Å². The number of hydrogen-bond acceptors (Lipinski definition) is 4. The van der Waals surface area contributed by atoms with Gasteiger partial charge >= 0.3 is 11.9 Å². The second-order valence-electron chi connectivity index (χ2n) is 4.87. The molecular formula is C16H3F9O4. The van der Waals surface area contributed by atoms with Gasteiger partial charge in [-0.1, -0.05) is 6.58 Å². The summed E-state index contributed by atoms with van der Waals surface area (Å²) in [7, 11) is 0. The number of rotatable bonds is 4. The normalized spacial score (nSPS) is 10.7. The topological polar surface area (TPSA) is 52.6 Å². The van der Waals surface area contributed by atoms with Crippen LogP contribution in [0, 0.1) is 52.4 Å². The van der Waals surface area contributed by atoms with Crippen molar-refractivity contribution in [2.75, 3.05) is 0 Å². The van der Waals surface area contributed by atoms with E-state index in [0.29, 0.717) is 6.08 Å². The van der Waals surface area contributed by atoms with Gasteiger partial charge in [0.2, 0.25) is 40.6 Å². The van der Waals surface area contributed by atoms with Gasteiger partial charge in [0.15, 0.2) is 23.3 Å². The number of esters is 2. The van der Waals surface area contributed by atoms with E-state index < -0.39 is 81.4 Å². The molecule has 0 bridgehead atoms. The molecule has 0 aliphatic rings. The van der Waals surface area contributed by atoms with Gasteiger partial charge in [-0.25, -0.2) is 31.5 Å². The Bertz CT molecular complexity index is 1010. The Kier molecular flexibility index (Phi) is 5.90. The molecule has 29 heavy (non-hydrogen) atoms. The van der Waals surface area contributed by atoms with Crippen LogP contribution in [-0.4, -0.2) is 11.9 Å². The first kappa shape index (κ1) is 21.8. The van der Waals surface area contributed by atoms with Gasteiger partial charge in [-0.2, -0.15) is 17.6 Å². The summed E-state index contributed by atoms with van der Waals surface area (Å²) in [4.78, 5) is 22.6. The predicted octanol–water partition coefficient (Wildman–Crippen LogP) is 4.25. The lowest BCUT2D eigenvalue weighted by Crippen LogP contribution is -2.19. The van der Waals surface area contributed by atoms with Crippen LogP contribution in [0.1, 0.15) is 10.4 Å². The molecule has 0 atom stereocenters. The van der Waals surface area contributed by atoms with E-state index in [1.165, 1.54) is 0 Å². The SMILES string of the molecule is C=CC(=O)Oc1c(F)c(F)c(OC(=O)c2c(F)c(F)c(F)c(F)c2F)c(F)c1F. The van der Waals surface area contributed by atoms with Crippen LogP contribution in [0.25, 0.3) is 0 Å². The molecule has 13 heteroatoms. The molecule has 0 heterocycles. The Balaban J connectivity index is 2.58. The maximum absolute atomic E-state index is 13.9. The largest absolute Gasteiger partial charge is 0.417 e. The molecule has 4 nitrogen and oxygen atoms in total. The van der Waals surface area contributed by atoms with Gasteiger partial charge in [-0.15, -0.1) is 0 Å². The quantitative estimate of drug-likeness (QED) is 0.182. The fourth-order valence-corrected chi connectivity index (χ4v) is 1.84. The molecule has 0 radical (unpaired) electrons. The van der Waals surface area contributed by atoms with E-state index in [4.69, 9.17) is 0 Å². The lowest BCUT2D eigenvalue weighted by atomic mass is 10.1. The number of carbonyl (C=O) groups excluding carboxylic acids is 2. The van der Waals surface area contributed by atoms with Crippen LogP contribution in [-0.2, 0) is 4.79 Å². The third kappa shape index (κ3) is 3.62. The van der Waals surface area contributed by atoms with Crippen molar-refractivity contribution in [1.82, 2.24) is 0 Å². The van der Waals surface area contributed by atoms with Gasteiger partial charge in [0.05, 0.1) is 0 Å². The minimum Gasteiger partial charge on any atom is -0.417 e. The molecule has 0 aliphatic heterocycles. The highest BCUT2D eigenvalue weighted by Gasteiger charge is 2.34. The molecule has 0 N–H and O–H groups in total. The van der Waals surface area contributed by atoms with Crippen LogP contribution in [0.3, 0.4) is 0 Å². The number of carbonyl (C=O) groups is 2. The van der Waals surface area contributed by atoms with Crippen molar-refractivity contribution in [2.24, 2.45) is 0 Å². The van der Waals surface area contributed by atoms with Crippen molar-refractivity contribution in [3.05, 3.63) is 70.6 Å². The second-order valence-corrected chi connectivity index (χ2v) is 4.87. The smallest absolute Gasteiger partial charge is 0.349 e. The monoisotopic (exact) mass is 430 g/mol. The van der Waals surface area contributed by atoms with E-state index in [-0.39, 0.29) is 0 Å². The van der Waals surface area contributed by atoms with Crippen molar-refractivity contribution >= 4 is 11.9 Å². The van der Waals surface area contributed by atoms with Crippen LogP contribution < -0.4 is 9.47 Å². The molecule has 2 rings (SSSR count). The van der Waals surface area contributed by atoms with E-state index in [0.717, 1.165) is 0 Å². The van der Waals surface area contributed by atoms with E-state index >= 15 is 0 Å². The molecule has 2 aromatic carbocycles. The first-order valence-corrected chi connectivity index (χ1v) is 6.87. The van der Waals surface area contributed by atoms with Gasteiger partial charge in [0, 0.05) is 6.08 Å². The second kappa shape index (κ2) is 7.85. The highest BCUT2D eigenvalue weighted by molar-refractivity contribution is 5.92. The molecule has 2 aromatic rings. The summed E-state index contributed by atoms with van der Waals surface area (Å²) in [6.07, 6.45) is 0.367. The van der Waals surface area contributed by atoms with Crippen molar-refractivity contribution in [1.29, 1.82) is 0 Å². The summed E-state index contributed by atoms with van der Waals surface area (Å²) in [6, 6.07) is 0. The third-order valence-electron chi connectivity index (χ3n) is 3.16. The average Bonchev–Trinajstić information content (AvgIpc) is 2.69. The number of benzene rings is 2. The van der Waals surface area contributed by atoms with Crippen molar-refractivity contribution in [3.63, 3.8) is 0 Å². The summed E-state index contributed by atoms with van der Waals surface area (Å²) in [5.74, 6) is -31.5. The van der Waals surface area contributed by atoms with E-state index in [1.54, 1.807) is 0 Å². The molecule has 0 unspecified atom stereocenters. The van der Waals surface area contributed by atoms with Gasteiger partial charge in [0.1, 0.15) is 5.56 Å². The van der Waals surface area contributed by atoms with Crippen molar-refractivity contribution in [2.45, 2.75) is 0 Å². The summed E-state index contributed by atoms with van der Waals surface area (Å²) in [6.45, 7) is 2.85. The number of ether oxygens (including phenoxy) is 2. The number of hydrogen-bond donors (Lipinski definition) is 0. The molecule has 0 aromatic heterocycles. The Hall–Kier alpha value is -3.51. The zero-order valence-corrected chi connectivity index (χ0v) is 13.3. The molecule has 0 spiro atoms. The molecule has 0 amide bonds. The zero-order valence-electron chi connectivity index (χ0n) is 13.3.